The van der Waals surface area contributed by atoms with Gasteiger partial charge in [0.25, 0.3) is 0 Å². The SMILES string of the molecule is Cc1cc(C)c(Oc2cc(Nc3ccc(C#N)cc3)nc(Nc3ccc(C#N)cc3)n2)c(C)c1. The number of nitrogens with one attached hydrogen (secondary N) is 2. The van der Waals surface area contributed by atoms with Crippen LogP contribution in [0.1, 0.15) is 27.8 Å². The van der Waals surface area contributed by atoms with E-state index in [1.807, 2.05) is 32.9 Å². The van der Waals surface area contributed by atoms with Crippen LogP contribution < -0.4 is 15.4 Å². The second-order valence-corrected chi connectivity index (χ2v) is 7.87. The van der Waals surface area contributed by atoms with Crippen molar-refractivity contribution in [3.63, 3.8) is 0 Å². The average Bonchev–Trinajstić information content (AvgIpc) is 2.82. The first-order valence-electron chi connectivity index (χ1n) is 10.6. The molecule has 0 amide bonds. The van der Waals surface area contributed by atoms with Gasteiger partial charge in [0.2, 0.25) is 11.8 Å². The number of anilines is 4. The van der Waals surface area contributed by atoms with E-state index in [1.54, 1.807) is 42.5 Å². The van der Waals surface area contributed by atoms with Crippen molar-refractivity contribution in [2.45, 2.75) is 20.8 Å². The maximum atomic E-state index is 9.03. The van der Waals surface area contributed by atoms with Gasteiger partial charge < -0.3 is 15.4 Å². The molecule has 1 heterocycles. The highest BCUT2D eigenvalue weighted by atomic mass is 16.5. The second kappa shape index (κ2) is 9.72. The summed E-state index contributed by atoms with van der Waals surface area (Å²) in [4.78, 5) is 9.11. The van der Waals surface area contributed by atoms with Gasteiger partial charge in [-0.1, -0.05) is 17.7 Å². The molecule has 166 valence electrons. The molecule has 0 radical (unpaired) electrons. The summed E-state index contributed by atoms with van der Waals surface area (Å²) in [7, 11) is 0. The maximum absolute atomic E-state index is 9.03. The summed E-state index contributed by atoms with van der Waals surface area (Å²) in [6.07, 6.45) is 0. The minimum absolute atomic E-state index is 0.334. The first kappa shape index (κ1) is 22.3. The van der Waals surface area contributed by atoms with Crippen LogP contribution in [0, 0.1) is 43.4 Å². The molecule has 0 atom stereocenters. The Morgan fingerprint density at radius 1 is 0.706 bits per heavy atom. The van der Waals surface area contributed by atoms with E-state index in [0.717, 1.165) is 33.8 Å². The molecule has 2 N–H and O–H groups in total. The van der Waals surface area contributed by atoms with E-state index in [9.17, 15) is 0 Å². The van der Waals surface area contributed by atoms with Crippen LogP contribution in [0.2, 0.25) is 0 Å². The molecule has 0 saturated heterocycles. The van der Waals surface area contributed by atoms with E-state index in [-0.39, 0.29) is 0 Å². The third-order valence-electron chi connectivity index (χ3n) is 5.07. The zero-order valence-corrected chi connectivity index (χ0v) is 19.0. The van der Waals surface area contributed by atoms with E-state index < -0.39 is 0 Å². The predicted octanol–water partition coefficient (Wildman–Crippen LogP) is 6.42. The summed E-state index contributed by atoms with van der Waals surface area (Å²) in [5.74, 6) is 1.98. The van der Waals surface area contributed by atoms with Gasteiger partial charge in [-0.25, -0.2) is 0 Å². The number of aromatic nitrogens is 2. The lowest BCUT2D eigenvalue weighted by Gasteiger charge is -2.15. The lowest BCUT2D eigenvalue weighted by Crippen LogP contribution is -2.03. The summed E-state index contributed by atoms with van der Waals surface area (Å²) < 4.78 is 6.21. The van der Waals surface area contributed by atoms with Crippen molar-refractivity contribution in [3.8, 4) is 23.8 Å². The quantitative estimate of drug-likeness (QED) is 0.352. The zero-order chi connectivity index (χ0) is 24.1. The Morgan fingerprint density at radius 3 is 1.76 bits per heavy atom. The minimum atomic E-state index is 0.334. The molecule has 7 heteroatoms. The van der Waals surface area contributed by atoms with E-state index in [0.29, 0.717) is 28.8 Å². The van der Waals surface area contributed by atoms with Gasteiger partial charge in [-0.3, -0.25) is 0 Å². The van der Waals surface area contributed by atoms with Crippen LogP contribution in [0.5, 0.6) is 11.6 Å². The third kappa shape index (κ3) is 5.29. The van der Waals surface area contributed by atoms with Crippen molar-refractivity contribution >= 4 is 23.1 Å². The number of nitrogens with zero attached hydrogens (tertiary/aromatic N) is 4. The first-order chi connectivity index (χ1) is 16.4. The molecule has 4 aromatic rings. The molecule has 0 saturated carbocycles. The number of benzene rings is 3. The van der Waals surface area contributed by atoms with Crippen LogP contribution >= 0.6 is 0 Å². The van der Waals surface area contributed by atoms with Crippen molar-refractivity contribution in [2.75, 3.05) is 10.6 Å². The Balaban J connectivity index is 1.69. The van der Waals surface area contributed by atoms with Gasteiger partial charge in [-0.05, 0) is 80.4 Å². The van der Waals surface area contributed by atoms with Crippen LogP contribution in [0.3, 0.4) is 0 Å². The van der Waals surface area contributed by atoms with Crippen LogP contribution in [-0.4, -0.2) is 9.97 Å². The van der Waals surface area contributed by atoms with E-state index >= 15 is 0 Å². The number of aryl methyl sites for hydroxylation is 3. The standard InChI is InChI=1S/C27H22N6O/c1-17-12-18(2)26(19(3)13-17)34-25-14-24(30-22-8-4-20(15-28)5-9-22)32-27(33-25)31-23-10-6-21(16-29)7-11-23/h4-14H,1-3H3,(H2,30,31,32,33). The zero-order valence-electron chi connectivity index (χ0n) is 19.0. The monoisotopic (exact) mass is 446 g/mol. The fraction of sp³-hybridized carbons (Fsp3) is 0.111. The molecule has 0 aliphatic rings. The van der Waals surface area contributed by atoms with Gasteiger partial charge >= 0.3 is 0 Å². The Labute approximate surface area is 198 Å². The predicted molar refractivity (Wildman–Crippen MR) is 132 cm³/mol. The largest absolute Gasteiger partial charge is 0.438 e. The second-order valence-electron chi connectivity index (χ2n) is 7.87. The smallest absolute Gasteiger partial charge is 0.232 e. The van der Waals surface area contributed by atoms with Gasteiger partial charge in [0, 0.05) is 17.4 Å². The van der Waals surface area contributed by atoms with Gasteiger partial charge in [0.15, 0.2) is 0 Å². The van der Waals surface area contributed by atoms with Crippen LogP contribution in [0.15, 0.2) is 66.7 Å². The first-order valence-corrected chi connectivity index (χ1v) is 10.6. The number of hydrogen-bond acceptors (Lipinski definition) is 7. The lowest BCUT2D eigenvalue weighted by atomic mass is 10.1. The summed E-state index contributed by atoms with van der Waals surface area (Å²) in [5, 5.41) is 24.5. The summed E-state index contributed by atoms with van der Waals surface area (Å²) in [5.41, 5.74) is 5.84. The summed E-state index contributed by atoms with van der Waals surface area (Å²) in [6.45, 7) is 6.05. The van der Waals surface area contributed by atoms with Gasteiger partial charge in [0.1, 0.15) is 11.6 Å². The average molecular weight is 447 g/mol. The molecular weight excluding hydrogens is 424 g/mol. The molecule has 0 unspecified atom stereocenters. The van der Waals surface area contributed by atoms with E-state index in [2.05, 4.69) is 44.9 Å². The Bertz CT molecular complexity index is 1310. The molecule has 7 nitrogen and oxygen atoms in total. The Morgan fingerprint density at radius 2 is 1.24 bits per heavy atom. The highest BCUT2D eigenvalue weighted by Gasteiger charge is 2.12. The fourth-order valence-electron chi connectivity index (χ4n) is 3.56. The van der Waals surface area contributed by atoms with Crippen molar-refractivity contribution in [2.24, 2.45) is 0 Å². The van der Waals surface area contributed by atoms with Crippen LogP contribution in [0.4, 0.5) is 23.1 Å². The maximum Gasteiger partial charge on any atom is 0.232 e. The summed E-state index contributed by atoms with van der Waals surface area (Å²) >= 11 is 0. The highest BCUT2D eigenvalue weighted by Crippen LogP contribution is 2.31. The van der Waals surface area contributed by atoms with Crippen molar-refractivity contribution < 1.29 is 4.74 Å². The van der Waals surface area contributed by atoms with Crippen molar-refractivity contribution in [1.82, 2.24) is 9.97 Å². The lowest BCUT2D eigenvalue weighted by molar-refractivity contribution is 0.456. The molecule has 0 aliphatic carbocycles. The molecule has 0 spiro atoms. The molecule has 0 fully saturated rings. The van der Waals surface area contributed by atoms with Crippen LogP contribution in [0.25, 0.3) is 0 Å². The third-order valence-corrected chi connectivity index (χ3v) is 5.07. The molecular formula is C27H22N6O. The van der Waals surface area contributed by atoms with Crippen molar-refractivity contribution in [3.05, 3.63) is 94.5 Å². The van der Waals surface area contributed by atoms with Gasteiger partial charge in [-0.2, -0.15) is 20.5 Å². The highest BCUT2D eigenvalue weighted by molar-refractivity contribution is 5.62. The molecule has 1 aromatic heterocycles. The topological polar surface area (TPSA) is 107 Å². The Hall–Kier alpha value is -4.88. The molecule has 3 aromatic carbocycles. The van der Waals surface area contributed by atoms with Gasteiger partial charge in [-0.15, -0.1) is 0 Å². The van der Waals surface area contributed by atoms with Gasteiger partial charge in [0.05, 0.1) is 23.3 Å². The summed E-state index contributed by atoms with van der Waals surface area (Å²) in [6, 6.07) is 24.2. The Kier molecular flexibility index (Phi) is 6.38. The minimum Gasteiger partial charge on any atom is -0.438 e. The normalized spacial score (nSPS) is 10.1. The number of rotatable bonds is 6. The van der Waals surface area contributed by atoms with Crippen LogP contribution in [-0.2, 0) is 0 Å². The number of ether oxygens (including phenoxy) is 1. The number of nitriles is 2. The fourth-order valence-corrected chi connectivity index (χ4v) is 3.56. The molecule has 4 rings (SSSR count). The number of hydrogen-bond donors (Lipinski definition) is 2. The molecule has 34 heavy (non-hydrogen) atoms. The van der Waals surface area contributed by atoms with E-state index in [1.165, 1.54) is 0 Å². The van der Waals surface area contributed by atoms with E-state index in [4.69, 9.17) is 15.3 Å². The molecule has 0 bridgehead atoms. The molecule has 0 aliphatic heterocycles. The van der Waals surface area contributed by atoms with Crippen molar-refractivity contribution in [1.29, 1.82) is 10.5 Å².